The number of terminal acetylenes is 1. The van der Waals surface area contributed by atoms with Gasteiger partial charge in [0.2, 0.25) is 0 Å². The summed E-state index contributed by atoms with van der Waals surface area (Å²) in [5.74, 6) is 2.57. The van der Waals surface area contributed by atoms with Crippen LogP contribution in [-0.4, -0.2) is 19.3 Å². The normalized spacial score (nSPS) is 22.5. The van der Waals surface area contributed by atoms with Crippen LogP contribution >= 0.6 is 0 Å². The smallest absolute Gasteiger partial charge is 0.114 e. The van der Waals surface area contributed by atoms with Gasteiger partial charge in [-0.15, -0.1) is 12.3 Å². The highest BCUT2D eigenvalue weighted by Gasteiger charge is 2.21. The molecule has 0 bridgehead atoms. The minimum absolute atomic E-state index is 0.201. The average molecular weight is 155 g/mol. The molecule has 1 nitrogen and oxygen atoms in total. The van der Waals surface area contributed by atoms with E-state index in [2.05, 4.69) is 11.2 Å². The second-order valence-electron chi connectivity index (χ2n) is 3.01. The maximum Gasteiger partial charge on any atom is 0.114 e. The molecule has 0 aromatic heterocycles. The molecule has 1 aliphatic rings. The van der Waals surface area contributed by atoms with E-state index in [0.29, 0.717) is 0 Å². The molecule has 1 unspecified atom stereocenters. The van der Waals surface area contributed by atoms with E-state index in [-0.39, 0.29) is 12.3 Å². The van der Waals surface area contributed by atoms with Crippen LogP contribution in [0.1, 0.15) is 19.3 Å². The molecule has 1 saturated heterocycles. The summed E-state index contributed by atoms with van der Waals surface area (Å²) in [6.07, 6.45) is 6.40. The highest BCUT2D eigenvalue weighted by Crippen LogP contribution is 2.20. The van der Waals surface area contributed by atoms with Gasteiger partial charge in [-0.05, 0) is 31.8 Å². The van der Waals surface area contributed by atoms with Crippen molar-refractivity contribution >= 4 is 0 Å². The molecule has 0 aromatic rings. The quantitative estimate of drug-likeness (QED) is 0.593. The van der Waals surface area contributed by atoms with Crippen LogP contribution in [-0.2, 0) is 0 Å². The molecule has 0 spiro atoms. The minimum Gasteiger partial charge on any atom is -0.317 e. The molecule has 11 heavy (non-hydrogen) atoms. The first-order chi connectivity index (χ1) is 5.34. The lowest BCUT2D eigenvalue weighted by Crippen LogP contribution is -2.32. The van der Waals surface area contributed by atoms with Crippen molar-refractivity contribution < 1.29 is 4.39 Å². The fourth-order valence-corrected chi connectivity index (χ4v) is 1.49. The zero-order valence-corrected chi connectivity index (χ0v) is 6.65. The molecule has 1 N–H and O–H groups in total. The number of piperidine rings is 1. The van der Waals surface area contributed by atoms with Crippen LogP contribution in [0.4, 0.5) is 4.39 Å². The Morgan fingerprint density at radius 2 is 2.18 bits per heavy atom. The standard InChI is InChI=1S/C9H14FN/c1-2-3-9(10)8-4-6-11-7-5-8/h1,8-9,11H,3-7H2. The highest BCUT2D eigenvalue weighted by molar-refractivity contribution is 4.90. The third-order valence-electron chi connectivity index (χ3n) is 2.21. The molecule has 1 rings (SSSR count). The Hall–Kier alpha value is -0.550. The predicted octanol–water partition coefficient (Wildman–Crippen LogP) is 1.35. The van der Waals surface area contributed by atoms with Crippen molar-refractivity contribution in [3.63, 3.8) is 0 Å². The predicted molar refractivity (Wildman–Crippen MR) is 43.9 cm³/mol. The Morgan fingerprint density at radius 1 is 1.55 bits per heavy atom. The lowest BCUT2D eigenvalue weighted by Gasteiger charge is -2.24. The van der Waals surface area contributed by atoms with Gasteiger partial charge < -0.3 is 5.32 Å². The Labute approximate surface area is 67.4 Å². The zero-order valence-electron chi connectivity index (χ0n) is 6.65. The number of nitrogens with one attached hydrogen (secondary N) is 1. The molecule has 2 heteroatoms. The summed E-state index contributed by atoms with van der Waals surface area (Å²) >= 11 is 0. The second kappa shape index (κ2) is 4.35. The zero-order chi connectivity index (χ0) is 8.10. The number of hydrogen-bond acceptors (Lipinski definition) is 1. The van der Waals surface area contributed by atoms with Crippen LogP contribution in [0.5, 0.6) is 0 Å². The molecule has 0 aromatic carbocycles. The molecule has 1 atom stereocenters. The third-order valence-corrected chi connectivity index (χ3v) is 2.21. The maximum atomic E-state index is 13.1. The number of rotatable bonds is 2. The van der Waals surface area contributed by atoms with Crippen molar-refractivity contribution in [1.82, 2.24) is 5.32 Å². The summed E-state index contributed by atoms with van der Waals surface area (Å²) in [6, 6.07) is 0. The third kappa shape index (κ3) is 2.51. The van der Waals surface area contributed by atoms with Gasteiger partial charge in [-0.1, -0.05) is 0 Å². The van der Waals surface area contributed by atoms with Gasteiger partial charge in [0.1, 0.15) is 6.17 Å². The maximum absolute atomic E-state index is 13.1. The molecule has 1 fully saturated rings. The van der Waals surface area contributed by atoms with Crippen LogP contribution in [0.2, 0.25) is 0 Å². The van der Waals surface area contributed by atoms with Crippen molar-refractivity contribution in [2.75, 3.05) is 13.1 Å². The molecule has 1 aliphatic heterocycles. The first-order valence-electron chi connectivity index (χ1n) is 4.13. The largest absolute Gasteiger partial charge is 0.317 e. The van der Waals surface area contributed by atoms with Gasteiger partial charge in [0, 0.05) is 6.42 Å². The molecular weight excluding hydrogens is 141 g/mol. The highest BCUT2D eigenvalue weighted by atomic mass is 19.1. The van der Waals surface area contributed by atoms with Crippen LogP contribution in [0.3, 0.4) is 0 Å². The van der Waals surface area contributed by atoms with E-state index in [1.54, 1.807) is 0 Å². The van der Waals surface area contributed by atoms with Gasteiger partial charge in [-0.3, -0.25) is 0 Å². The summed E-state index contributed by atoms with van der Waals surface area (Å²) in [7, 11) is 0. The van der Waals surface area contributed by atoms with Gasteiger partial charge in [-0.2, -0.15) is 0 Å². The lowest BCUT2D eigenvalue weighted by molar-refractivity contribution is 0.192. The van der Waals surface area contributed by atoms with E-state index in [1.165, 1.54) is 0 Å². The average Bonchev–Trinajstić information content (AvgIpc) is 2.07. The van der Waals surface area contributed by atoms with Gasteiger partial charge >= 0.3 is 0 Å². The van der Waals surface area contributed by atoms with Crippen molar-refractivity contribution in [3.8, 4) is 12.3 Å². The summed E-state index contributed by atoms with van der Waals surface area (Å²) in [4.78, 5) is 0. The van der Waals surface area contributed by atoms with Gasteiger partial charge in [0.25, 0.3) is 0 Å². The number of hydrogen-bond donors (Lipinski definition) is 1. The molecule has 62 valence electrons. The summed E-state index contributed by atoms with van der Waals surface area (Å²) in [6.45, 7) is 1.88. The molecule has 0 amide bonds. The van der Waals surface area contributed by atoms with Crippen LogP contribution in [0.15, 0.2) is 0 Å². The van der Waals surface area contributed by atoms with E-state index >= 15 is 0 Å². The molecule has 0 aliphatic carbocycles. The topological polar surface area (TPSA) is 12.0 Å². The Kier molecular flexibility index (Phi) is 3.38. The summed E-state index contributed by atoms with van der Waals surface area (Å²) in [5.41, 5.74) is 0. The Morgan fingerprint density at radius 3 is 2.73 bits per heavy atom. The van der Waals surface area contributed by atoms with Gasteiger partial charge in [0.15, 0.2) is 0 Å². The molecule has 1 heterocycles. The minimum atomic E-state index is -0.776. The molecule has 0 radical (unpaired) electrons. The first kappa shape index (κ1) is 8.55. The first-order valence-corrected chi connectivity index (χ1v) is 4.13. The number of halogens is 1. The second-order valence-corrected chi connectivity index (χ2v) is 3.01. The van der Waals surface area contributed by atoms with Crippen molar-refractivity contribution in [2.24, 2.45) is 5.92 Å². The van der Waals surface area contributed by atoms with Gasteiger partial charge in [-0.25, -0.2) is 4.39 Å². The van der Waals surface area contributed by atoms with Crippen LogP contribution in [0, 0.1) is 18.3 Å². The fourth-order valence-electron chi connectivity index (χ4n) is 1.49. The Balaban J connectivity index is 2.27. The van der Waals surface area contributed by atoms with E-state index in [4.69, 9.17) is 6.42 Å². The SMILES string of the molecule is C#CCC(F)C1CCNCC1. The molecule has 0 saturated carbocycles. The summed E-state index contributed by atoms with van der Waals surface area (Å²) in [5, 5.41) is 3.19. The van der Waals surface area contributed by atoms with E-state index in [0.717, 1.165) is 25.9 Å². The molecular formula is C9H14FN. The van der Waals surface area contributed by atoms with Crippen LogP contribution in [0.25, 0.3) is 0 Å². The van der Waals surface area contributed by atoms with Crippen LogP contribution < -0.4 is 5.32 Å². The van der Waals surface area contributed by atoms with Crippen molar-refractivity contribution in [1.29, 1.82) is 0 Å². The fraction of sp³-hybridized carbons (Fsp3) is 0.778. The van der Waals surface area contributed by atoms with E-state index in [9.17, 15) is 4.39 Å². The van der Waals surface area contributed by atoms with E-state index < -0.39 is 6.17 Å². The monoisotopic (exact) mass is 155 g/mol. The summed E-state index contributed by atoms with van der Waals surface area (Å²) < 4.78 is 13.1. The lowest BCUT2D eigenvalue weighted by atomic mass is 9.92. The van der Waals surface area contributed by atoms with Gasteiger partial charge in [0.05, 0.1) is 0 Å². The number of alkyl halides is 1. The van der Waals surface area contributed by atoms with Crippen molar-refractivity contribution in [2.45, 2.75) is 25.4 Å². The van der Waals surface area contributed by atoms with Crippen molar-refractivity contribution in [3.05, 3.63) is 0 Å². The Bertz CT molecular complexity index is 144. The van der Waals surface area contributed by atoms with E-state index in [1.807, 2.05) is 0 Å².